The molecule has 0 unspecified atom stereocenters. The summed E-state index contributed by atoms with van der Waals surface area (Å²) in [5.41, 5.74) is 3.94. The molecular weight excluding hydrogens is 222 g/mol. The molecule has 0 aliphatic heterocycles. The van der Waals surface area contributed by atoms with Crippen molar-refractivity contribution in [3.63, 3.8) is 0 Å². The molecule has 0 aliphatic rings. The summed E-state index contributed by atoms with van der Waals surface area (Å²) in [4.78, 5) is 18.8. The summed E-state index contributed by atoms with van der Waals surface area (Å²) < 4.78 is 0. The smallest absolute Gasteiger partial charge is 0.0856 e. The van der Waals surface area contributed by atoms with E-state index in [0.29, 0.717) is 12.2 Å². The van der Waals surface area contributed by atoms with Crippen molar-refractivity contribution in [2.24, 2.45) is 5.73 Å². The van der Waals surface area contributed by atoms with Gasteiger partial charge < -0.3 is 40.9 Å². The molecule has 0 saturated heterocycles. The summed E-state index contributed by atoms with van der Waals surface area (Å²) in [6.45, 7) is -1.21. The Morgan fingerprint density at radius 3 is 1.31 bits per heavy atom. The molecule has 0 aromatic rings. The lowest BCUT2D eigenvalue weighted by molar-refractivity contribution is -0.301. The number of carboxylic acids is 2. The molecule has 0 bridgehead atoms. The second-order valence-electron chi connectivity index (χ2n) is 2.81. The Morgan fingerprint density at radius 2 is 1.25 bits per heavy atom. The van der Waals surface area contributed by atoms with Crippen LogP contribution in [0.1, 0.15) is 0 Å². The molecule has 8 nitrogen and oxygen atoms in total. The second kappa shape index (κ2) is 8.80. The van der Waals surface area contributed by atoms with Crippen molar-refractivity contribution >= 4 is 11.9 Å². The third kappa shape index (κ3) is 10.6. The molecule has 16 heavy (non-hydrogen) atoms. The van der Waals surface area contributed by atoms with Gasteiger partial charge in [0.25, 0.3) is 0 Å². The van der Waals surface area contributed by atoms with Gasteiger partial charge >= 0.3 is 0 Å². The predicted octanol–water partition coefficient (Wildman–Crippen LogP) is -5.30. The molecule has 0 spiro atoms. The van der Waals surface area contributed by atoms with Gasteiger partial charge in [-0.25, -0.2) is 0 Å². The van der Waals surface area contributed by atoms with Crippen LogP contribution in [-0.4, -0.2) is 52.6 Å². The maximum atomic E-state index is 9.41. The molecule has 0 aromatic heterocycles. The minimum Gasteiger partial charge on any atom is -0.545 e. The Kier molecular flexibility index (Phi) is 9.31. The normalized spacial score (nSPS) is 10.8. The molecule has 0 fully saturated rings. The van der Waals surface area contributed by atoms with Gasteiger partial charge in [-0.2, -0.15) is 0 Å². The van der Waals surface area contributed by atoms with Gasteiger partial charge in [-0.05, 0) is 12.2 Å². The van der Waals surface area contributed by atoms with E-state index in [-0.39, 0.29) is 0 Å². The van der Waals surface area contributed by atoms with Crippen LogP contribution in [0.2, 0.25) is 0 Å². The summed E-state index contributed by atoms with van der Waals surface area (Å²) in [5.74, 6) is -3.09. The highest BCUT2D eigenvalue weighted by Gasteiger charge is 2.20. The quantitative estimate of drug-likeness (QED) is 0.342. The van der Waals surface area contributed by atoms with Crippen molar-refractivity contribution in [3.8, 4) is 0 Å². The fourth-order valence-corrected chi connectivity index (χ4v) is 0.286. The summed E-state index contributed by atoms with van der Waals surface area (Å²) in [6.07, 6.45) is 0.769. The third-order valence-corrected chi connectivity index (χ3v) is 1.30. The molecule has 0 saturated carbocycles. The van der Waals surface area contributed by atoms with E-state index >= 15 is 0 Å². The average Bonchev–Trinajstić information content (AvgIpc) is 2.26. The Labute approximate surface area is 91.2 Å². The van der Waals surface area contributed by atoms with Crippen LogP contribution >= 0.6 is 0 Å². The predicted molar refractivity (Wildman–Crippen MR) is 47.3 cm³/mol. The fourth-order valence-electron chi connectivity index (χ4n) is 0.286. The van der Waals surface area contributed by atoms with Gasteiger partial charge in [-0.3, -0.25) is 0 Å². The van der Waals surface area contributed by atoms with Crippen molar-refractivity contribution in [1.82, 2.24) is 0 Å². The summed E-state index contributed by atoms with van der Waals surface area (Å²) >= 11 is 0. The highest BCUT2D eigenvalue weighted by molar-refractivity contribution is 5.87. The molecule has 5 N–H and O–H groups in total. The highest BCUT2D eigenvalue weighted by Crippen LogP contribution is 1.93. The van der Waals surface area contributed by atoms with E-state index in [0.717, 1.165) is 0 Å². The fraction of sp³-hybridized carbons (Fsp3) is 0.500. The van der Waals surface area contributed by atoms with Crippen molar-refractivity contribution in [2.75, 3.05) is 19.8 Å². The van der Waals surface area contributed by atoms with Crippen LogP contribution in [0.3, 0.4) is 0 Å². The molecule has 0 amide bonds. The van der Waals surface area contributed by atoms with Crippen LogP contribution in [0.4, 0.5) is 0 Å². The van der Waals surface area contributed by atoms with E-state index in [4.69, 9.17) is 21.1 Å². The SMILES string of the molecule is NC(CO)(CO)CO.O=C([O-])/C=C\C(=O)[O-]. The number of hydrogen-bond donors (Lipinski definition) is 4. The third-order valence-electron chi connectivity index (χ3n) is 1.30. The van der Waals surface area contributed by atoms with Gasteiger partial charge in [0.2, 0.25) is 0 Å². The van der Waals surface area contributed by atoms with E-state index in [1.165, 1.54) is 0 Å². The lowest BCUT2D eigenvalue weighted by atomic mass is 10.1. The zero-order valence-electron chi connectivity index (χ0n) is 8.33. The largest absolute Gasteiger partial charge is 0.545 e. The van der Waals surface area contributed by atoms with Crippen LogP contribution in [0.5, 0.6) is 0 Å². The van der Waals surface area contributed by atoms with E-state index in [2.05, 4.69) is 0 Å². The van der Waals surface area contributed by atoms with Gasteiger partial charge in [-0.15, -0.1) is 0 Å². The topological polar surface area (TPSA) is 167 Å². The number of carboxylic acid groups (broad SMARTS) is 2. The molecule has 0 aliphatic carbocycles. The molecule has 0 rings (SSSR count). The van der Waals surface area contributed by atoms with E-state index < -0.39 is 37.3 Å². The molecule has 0 atom stereocenters. The van der Waals surface area contributed by atoms with Crippen LogP contribution in [0.15, 0.2) is 12.2 Å². The lowest BCUT2D eigenvalue weighted by Gasteiger charge is -2.20. The zero-order valence-corrected chi connectivity index (χ0v) is 8.33. The van der Waals surface area contributed by atoms with Crippen LogP contribution in [-0.2, 0) is 9.59 Å². The van der Waals surface area contributed by atoms with E-state index in [9.17, 15) is 19.8 Å². The first kappa shape index (κ1) is 16.9. The molecule has 8 heteroatoms. The first-order valence-corrected chi connectivity index (χ1v) is 4.03. The number of carbonyl (C=O) groups excluding carboxylic acids is 2. The number of aliphatic hydroxyl groups is 3. The van der Waals surface area contributed by atoms with Gasteiger partial charge in [0.1, 0.15) is 0 Å². The van der Waals surface area contributed by atoms with Gasteiger partial charge in [-0.1, -0.05) is 0 Å². The minimum atomic E-state index is -1.55. The summed E-state index contributed by atoms with van der Waals surface area (Å²) in [6, 6.07) is 0. The summed E-state index contributed by atoms with van der Waals surface area (Å²) in [7, 11) is 0. The van der Waals surface area contributed by atoms with Crippen LogP contribution in [0.25, 0.3) is 0 Å². The molecule has 0 aromatic carbocycles. The zero-order chi connectivity index (χ0) is 13.2. The molecule has 0 radical (unpaired) electrons. The van der Waals surface area contributed by atoms with Gasteiger partial charge in [0.15, 0.2) is 0 Å². The molecule has 94 valence electrons. The Bertz CT molecular complexity index is 223. The number of rotatable bonds is 5. The monoisotopic (exact) mass is 235 g/mol. The first-order chi connectivity index (χ1) is 7.31. The highest BCUT2D eigenvalue weighted by atomic mass is 16.4. The number of nitrogens with two attached hydrogens (primary N) is 1. The van der Waals surface area contributed by atoms with Crippen molar-refractivity contribution < 1.29 is 35.1 Å². The second-order valence-corrected chi connectivity index (χ2v) is 2.81. The van der Waals surface area contributed by atoms with Crippen LogP contribution < -0.4 is 15.9 Å². The van der Waals surface area contributed by atoms with E-state index in [1.54, 1.807) is 0 Å². The minimum absolute atomic E-state index is 0.384. The number of aliphatic hydroxyl groups excluding tert-OH is 3. The van der Waals surface area contributed by atoms with Gasteiger partial charge in [0.05, 0.1) is 37.3 Å². The van der Waals surface area contributed by atoms with Crippen molar-refractivity contribution in [2.45, 2.75) is 5.54 Å². The maximum absolute atomic E-state index is 9.41. The Hall–Kier alpha value is -1.48. The van der Waals surface area contributed by atoms with Gasteiger partial charge in [0, 0.05) is 0 Å². The maximum Gasteiger partial charge on any atom is 0.0856 e. The number of carbonyl (C=O) groups is 2. The number of hydrogen-bond acceptors (Lipinski definition) is 8. The first-order valence-electron chi connectivity index (χ1n) is 4.03. The average molecular weight is 235 g/mol. The lowest BCUT2D eigenvalue weighted by Crippen LogP contribution is -2.50. The standard InChI is InChI=1S/C4H11NO3.C4H4O4/c5-4(1-6,2-7)3-8;5-3(6)1-2-4(7)8/h6-8H,1-3,5H2;1-2H,(H,5,6)(H,7,8)/p-2/b;2-1-. The Balaban J connectivity index is 0. The number of aliphatic carboxylic acids is 2. The van der Waals surface area contributed by atoms with Crippen molar-refractivity contribution in [3.05, 3.63) is 12.2 Å². The van der Waals surface area contributed by atoms with Crippen molar-refractivity contribution in [1.29, 1.82) is 0 Å². The molecule has 0 heterocycles. The summed E-state index contributed by atoms with van der Waals surface area (Å²) in [5, 5.41) is 43.9. The van der Waals surface area contributed by atoms with E-state index in [1.807, 2.05) is 0 Å². The van der Waals surface area contributed by atoms with Crippen LogP contribution in [0, 0.1) is 0 Å². The Morgan fingerprint density at radius 1 is 1.00 bits per heavy atom. The molecular formula is C8H13NO7-2.